The molecule has 0 unspecified atom stereocenters. The first-order valence-corrected chi connectivity index (χ1v) is 9.05. The summed E-state index contributed by atoms with van der Waals surface area (Å²) in [6.07, 6.45) is -0.702. The summed E-state index contributed by atoms with van der Waals surface area (Å²) >= 11 is 15.4. The summed E-state index contributed by atoms with van der Waals surface area (Å²) in [4.78, 5) is 12.4. The van der Waals surface area contributed by atoms with Gasteiger partial charge in [-0.15, -0.1) is 0 Å². The number of carbonyl (C=O) groups excluding carboxylic acids is 1. The molecule has 3 nitrogen and oxygen atoms in total. The first-order chi connectivity index (χ1) is 11.3. The van der Waals surface area contributed by atoms with Crippen molar-refractivity contribution in [3.8, 4) is 5.75 Å². The Hall–Kier alpha value is -1.23. The Morgan fingerprint density at radius 2 is 1.83 bits per heavy atom. The van der Waals surface area contributed by atoms with Gasteiger partial charge in [-0.1, -0.05) is 53.0 Å². The van der Waals surface area contributed by atoms with Crippen molar-refractivity contribution in [2.75, 3.05) is 5.32 Å². The van der Waals surface area contributed by atoms with Gasteiger partial charge in [0.2, 0.25) is 0 Å². The van der Waals surface area contributed by atoms with E-state index in [4.69, 9.17) is 27.9 Å². The van der Waals surface area contributed by atoms with Gasteiger partial charge in [0.25, 0.3) is 5.91 Å². The number of carbonyl (C=O) groups is 1. The lowest BCUT2D eigenvalue weighted by Crippen LogP contribution is -2.30. The molecule has 2 rings (SSSR count). The van der Waals surface area contributed by atoms with Crippen LogP contribution in [0.5, 0.6) is 5.75 Å². The maximum absolute atomic E-state index is 12.4. The average molecular weight is 431 g/mol. The number of amides is 1. The van der Waals surface area contributed by atoms with E-state index in [9.17, 15) is 4.79 Å². The smallest absolute Gasteiger partial charge is 0.265 e. The second kappa shape index (κ2) is 8.24. The molecule has 2 aromatic rings. The third-order valence-corrected chi connectivity index (χ3v) is 4.48. The SMILES string of the molecule is CC(C)c1cc(Br)ccc1NC(=O)[C@H](C)Oc1ccc(Cl)cc1Cl. The Bertz CT molecular complexity index is 750. The van der Waals surface area contributed by atoms with Crippen LogP contribution in [0.4, 0.5) is 5.69 Å². The molecule has 0 aliphatic rings. The van der Waals surface area contributed by atoms with Crippen LogP contribution >= 0.6 is 39.1 Å². The van der Waals surface area contributed by atoms with Gasteiger partial charge in [-0.3, -0.25) is 4.79 Å². The molecule has 24 heavy (non-hydrogen) atoms. The van der Waals surface area contributed by atoms with Crippen LogP contribution in [0, 0.1) is 0 Å². The summed E-state index contributed by atoms with van der Waals surface area (Å²) < 4.78 is 6.62. The number of anilines is 1. The molecule has 0 saturated heterocycles. The molecule has 0 aliphatic heterocycles. The van der Waals surface area contributed by atoms with E-state index in [2.05, 4.69) is 35.1 Å². The fraction of sp³-hybridized carbons (Fsp3) is 0.278. The molecule has 1 amide bonds. The quantitative estimate of drug-likeness (QED) is 0.605. The summed E-state index contributed by atoms with van der Waals surface area (Å²) in [6.45, 7) is 5.82. The monoisotopic (exact) mass is 429 g/mol. The van der Waals surface area contributed by atoms with E-state index < -0.39 is 6.10 Å². The fourth-order valence-electron chi connectivity index (χ4n) is 2.17. The lowest BCUT2D eigenvalue weighted by atomic mass is 10.0. The minimum Gasteiger partial charge on any atom is -0.479 e. The lowest BCUT2D eigenvalue weighted by Gasteiger charge is -2.18. The molecule has 0 fully saturated rings. The van der Waals surface area contributed by atoms with Crippen LogP contribution in [-0.2, 0) is 4.79 Å². The average Bonchev–Trinajstić information content (AvgIpc) is 2.51. The number of halogens is 3. The van der Waals surface area contributed by atoms with Crippen LogP contribution in [0.25, 0.3) is 0 Å². The van der Waals surface area contributed by atoms with Crippen LogP contribution in [0.2, 0.25) is 10.0 Å². The number of rotatable bonds is 5. The molecule has 0 aliphatic carbocycles. The first-order valence-electron chi connectivity index (χ1n) is 7.50. The molecule has 1 atom stereocenters. The summed E-state index contributed by atoms with van der Waals surface area (Å²) in [5.41, 5.74) is 1.82. The van der Waals surface area contributed by atoms with Crippen molar-refractivity contribution in [3.63, 3.8) is 0 Å². The Labute approximate surface area is 160 Å². The molecule has 0 aromatic heterocycles. The first kappa shape index (κ1) is 19.1. The fourth-order valence-corrected chi connectivity index (χ4v) is 3.01. The Morgan fingerprint density at radius 3 is 2.46 bits per heavy atom. The second-order valence-electron chi connectivity index (χ2n) is 5.71. The normalized spacial score (nSPS) is 12.1. The molecule has 0 spiro atoms. The molecular formula is C18H18BrCl2NO2. The van der Waals surface area contributed by atoms with E-state index in [1.807, 2.05) is 18.2 Å². The van der Waals surface area contributed by atoms with Gasteiger partial charge in [-0.05, 0) is 54.8 Å². The standard InChI is InChI=1S/C18H18BrCl2NO2/c1-10(2)14-8-12(19)4-6-16(14)22-18(23)11(3)24-17-7-5-13(20)9-15(17)21/h4-11H,1-3H3,(H,22,23)/t11-/m0/s1. The highest BCUT2D eigenvalue weighted by Gasteiger charge is 2.18. The van der Waals surface area contributed by atoms with Gasteiger partial charge in [0.15, 0.2) is 6.10 Å². The van der Waals surface area contributed by atoms with Crippen LogP contribution in [0.15, 0.2) is 40.9 Å². The van der Waals surface area contributed by atoms with Crippen molar-refractivity contribution in [2.45, 2.75) is 32.8 Å². The van der Waals surface area contributed by atoms with Crippen molar-refractivity contribution in [3.05, 3.63) is 56.5 Å². The second-order valence-corrected chi connectivity index (χ2v) is 7.47. The maximum atomic E-state index is 12.4. The van der Waals surface area contributed by atoms with Gasteiger partial charge in [0.05, 0.1) is 5.02 Å². The summed E-state index contributed by atoms with van der Waals surface area (Å²) in [5, 5.41) is 3.80. The van der Waals surface area contributed by atoms with E-state index in [-0.39, 0.29) is 11.8 Å². The van der Waals surface area contributed by atoms with Crippen molar-refractivity contribution >= 4 is 50.7 Å². The predicted molar refractivity (Wildman–Crippen MR) is 103 cm³/mol. The van der Waals surface area contributed by atoms with Crippen LogP contribution in [0.3, 0.4) is 0 Å². The number of benzene rings is 2. The van der Waals surface area contributed by atoms with Crippen LogP contribution < -0.4 is 10.1 Å². The van der Waals surface area contributed by atoms with E-state index in [0.29, 0.717) is 15.8 Å². The van der Waals surface area contributed by atoms with E-state index >= 15 is 0 Å². The van der Waals surface area contributed by atoms with Crippen molar-refractivity contribution in [1.82, 2.24) is 0 Å². The van der Waals surface area contributed by atoms with Gasteiger partial charge in [-0.25, -0.2) is 0 Å². The Balaban J connectivity index is 2.12. The minimum atomic E-state index is -0.702. The Kier molecular flexibility index (Phi) is 6.55. The van der Waals surface area contributed by atoms with Gasteiger partial charge in [-0.2, -0.15) is 0 Å². The molecule has 6 heteroatoms. The third-order valence-electron chi connectivity index (χ3n) is 3.46. The molecule has 0 saturated carbocycles. The summed E-state index contributed by atoms with van der Waals surface area (Å²) in [5.74, 6) is 0.452. The van der Waals surface area contributed by atoms with Gasteiger partial charge < -0.3 is 10.1 Å². The third kappa shape index (κ3) is 4.88. The van der Waals surface area contributed by atoms with Gasteiger partial charge in [0, 0.05) is 15.2 Å². The molecule has 128 valence electrons. The van der Waals surface area contributed by atoms with Crippen molar-refractivity contribution < 1.29 is 9.53 Å². The van der Waals surface area contributed by atoms with Crippen molar-refractivity contribution in [2.24, 2.45) is 0 Å². The molecule has 2 aromatic carbocycles. The highest BCUT2D eigenvalue weighted by atomic mass is 79.9. The lowest BCUT2D eigenvalue weighted by molar-refractivity contribution is -0.122. The zero-order valence-corrected chi connectivity index (χ0v) is 16.7. The predicted octanol–water partition coefficient (Wildman–Crippen LogP) is 6.29. The van der Waals surface area contributed by atoms with Gasteiger partial charge >= 0.3 is 0 Å². The van der Waals surface area contributed by atoms with Crippen LogP contribution in [0.1, 0.15) is 32.3 Å². The number of hydrogen-bond acceptors (Lipinski definition) is 2. The zero-order valence-electron chi connectivity index (χ0n) is 13.6. The number of nitrogens with one attached hydrogen (secondary N) is 1. The highest BCUT2D eigenvalue weighted by molar-refractivity contribution is 9.10. The largest absolute Gasteiger partial charge is 0.479 e. The van der Waals surface area contributed by atoms with E-state index in [1.165, 1.54) is 0 Å². The Morgan fingerprint density at radius 1 is 1.12 bits per heavy atom. The zero-order chi connectivity index (χ0) is 17.9. The molecule has 0 heterocycles. The van der Waals surface area contributed by atoms with E-state index in [0.717, 1.165) is 15.7 Å². The van der Waals surface area contributed by atoms with E-state index in [1.54, 1.807) is 25.1 Å². The molecule has 0 radical (unpaired) electrons. The highest BCUT2D eigenvalue weighted by Crippen LogP contribution is 2.30. The van der Waals surface area contributed by atoms with Crippen molar-refractivity contribution in [1.29, 1.82) is 0 Å². The molecular weight excluding hydrogens is 413 g/mol. The van der Waals surface area contributed by atoms with Gasteiger partial charge in [0.1, 0.15) is 5.75 Å². The summed E-state index contributed by atoms with van der Waals surface area (Å²) in [7, 11) is 0. The molecule has 0 bridgehead atoms. The minimum absolute atomic E-state index is 0.245. The molecule has 1 N–H and O–H groups in total. The summed E-state index contributed by atoms with van der Waals surface area (Å²) in [6, 6.07) is 10.7. The van der Waals surface area contributed by atoms with Crippen LogP contribution in [-0.4, -0.2) is 12.0 Å². The topological polar surface area (TPSA) is 38.3 Å². The number of hydrogen-bond donors (Lipinski definition) is 1. The maximum Gasteiger partial charge on any atom is 0.265 e. The number of ether oxygens (including phenoxy) is 1.